The Kier molecular flexibility index (Phi) is 4.36. The largest absolute Gasteiger partial charge is 0.313 e. The molecular weight excluding hydrogens is 288 g/mol. The lowest BCUT2D eigenvalue weighted by Crippen LogP contribution is -2.20. The van der Waals surface area contributed by atoms with Crippen LogP contribution in [0.15, 0.2) is 58.3 Å². The van der Waals surface area contributed by atoms with Gasteiger partial charge in [0.2, 0.25) is 0 Å². The zero-order chi connectivity index (χ0) is 14.7. The maximum absolute atomic E-state index is 13.8. The van der Waals surface area contributed by atoms with E-state index in [-0.39, 0.29) is 0 Å². The molecule has 0 spiro atoms. The van der Waals surface area contributed by atoms with E-state index in [9.17, 15) is 8.78 Å². The SMILES string of the molecule is Fc1cccc(Sc2ccccc2C2=CCNCC2)c1F. The molecule has 1 heterocycles. The first-order valence-electron chi connectivity index (χ1n) is 6.87. The standard InChI is InChI=1S/C17H15F2NS/c18-14-5-3-7-16(17(14)19)21-15-6-2-1-4-13(15)12-8-10-20-11-9-12/h1-8,20H,9-11H2. The van der Waals surface area contributed by atoms with Crippen LogP contribution >= 0.6 is 11.8 Å². The van der Waals surface area contributed by atoms with E-state index in [1.54, 1.807) is 6.07 Å². The molecule has 1 aliphatic rings. The fourth-order valence-corrected chi connectivity index (χ4v) is 3.40. The number of rotatable bonds is 3. The van der Waals surface area contributed by atoms with Gasteiger partial charge in [-0.3, -0.25) is 0 Å². The molecule has 2 aromatic carbocycles. The Morgan fingerprint density at radius 2 is 1.76 bits per heavy atom. The maximum atomic E-state index is 13.8. The zero-order valence-corrected chi connectivity index (χ0v) is 12.2. The predicted molar refractivity (Wildman–Crippen MR) is 82.4 cm³/mol. The minimum atomic E-state index is -0.807. The van der Waals surface area contributed by atoms with Gasteiger partial charge in [-0.25, -0.2) is 8.78 Å². The van der Waals surface area contributed by atoms with E-state index in [0.717, 1.165) is 36.0 Å². The molecule has 0 atom stereocenters. The molecule has 0 unspecified atom stereocenters. The quantitative estimate of drug-likeness (QED) is 0.896. The minimum absolute atomic E-state index is 0.317. The van der Waals surface area contributed by atoms with Gasteiger partial charge in [0.1, 0.15) is 0 Å². The molecule has 0 aromatic heterocycles. The first-order chi connectivity index (χ1) is 10.3. The van der Waals surface area contributed by atoms with E-state index in [0.29, 0.717) is 4.90 Å². The zero-order valence-electron chi connectivity index (χ0n) is 11.4. The van der Waals surface area contributed by atoms with Crippen LogP contribution in [0.1, 0.15) is 12.0 Å². The number of hydrogen-bond acceptors (Lipinski definition) is 2. The molecule has 4 heteroatoms. The third-order valence-corrected chi connectivity index (χ3v) is 4.54. The minimum Gasteiger partial charge on any atom is -0.313 e. The highest BCUT2D eigenvalue weighted by Crippen LogP contribution is 2.36. The Morgan fingerprint density at radius 3 is 2.57 bits per heavy atom. The van der Waals surface area contributed by atoms with Crippen molar-refractivity contribution in [3.8, 4) is 0 Å². The molecule has 0 radical (unpaired) electrons. The van der Waals surface area contributed by atoms with Gasteiger partial charge < -0.3 is 5.32 Å². The van der Waals surface area contributed by atoms with Gasteiger partial charge in [-0.05, 0) is 42.3 Å². The summed E-state index contributed by atoms with van der Waals surface area (Å²) < 4.78 is 27.2. The summed E-state index contributed by atoms with van der Waals surface area (Å²) in [6.07, 6.45) is 3.11. The van der Waals surface area contributed by atoms with Crippen molar-refractivity contribution in [2.75, 3.05) is 13.1 Å². The molecule has 21 heavy (non-hydrogen) atoms. The van der Waals surface area contributed by atoms with Crippen LogP contribution in [-0.2, 0) is 0 Å². The lowest BCUT2D eigenvalue weighted by molar-refractivity contribution is 0.491. The van der Waals surface area contributed by atoms with E-state index in [4.69, 9.17) is 0 Å². The normalized spacial score (nSPS) is 14.9. The summed E-state index contributed by atoms with van der Waals surface area (Å²) in [6.45, 7) is 1.79. The third-order valence-electron chi connectivity index (χ3n) is 3.43. The molecule has 1 N–H and O–H groups in total. The summed E-state index contributed by atoms with van der Waals surface area (Å²) in [5, 5.41) is 3.28. The topological polar surface area (TPSA) is 12.0 Å². The second-order valence-electron chi connectivity index (χ2n) is 4.83. The van der Waals surface area contributed by atoms with Crippen molar-refractivity contribution in [1.29, 1.82) is 0 Å². The van der Waals surface area contributed by atoms with E-state index >= 15 is 0 Å². The highest BCUT2D eigenvalue weighted by Gasteiger charge is 2.14. The molecule has 0 saturated carbocycles. The Bertz CT molecular complexity index is 682. The van der Waals surface area contributed by atoms with Gasteiger partial charge in [0.25, 0.3) is 0 Å². The van der Waals surface area contributed by atoms with E-state index in [1.165, 1.54) is 23.4 Å². The molecular formula is C17H15F2NS. The first kappa shape index (κ1) is 14.3. The maximum Gasteiger partial charge on any atom is 0.172 e. The Morgan fingerprint density at radius 1 is 0.952 bits per heavy atom. The summed E-state index contributed by atoms with van der Waals surface area (Å²) >= 11 is 1.27. The van der Waals surface area contributed by atoms with Crippen LogP contribution in [0.25, 0.3) is 5.57 Å². The molecule has 1 aliphatic heterocycles. The van der Waals surface area contributed by atoms with Gasteiger partial charge >= 0.3 is 0 Å². The van der Waals surface area contributed by atoms with Crippen LogP contribution in [0.3, 0.4) is 0 Å². The Labute approximate surface area is 127 Å². The van der Waals surface area contributed by atoms with Gasteiger partial charge in [0.05, 0.1) is 4.90 Å². The van der Waals surface area contributed by atoms with Crippen molar-refractivity contribution in [3.05, 3.63) is 65.7 Å². The third kappa shape index (κ3) is 3.17. The molecule has 0 amide bonds. The average Bonchev–Trinajstić information content (AvgIpc) is 2.53. The summed E-state index contributed by atoms with van der Waals surface area (Å²) in [4.78, 5) is 1.27. The summed E-state index contributed by atoms with van der Waals surface area (Å²) in [7, 11) is 0. The predicted octanol–water partition coefficient (Wildman–Crippen LogP) is 4.49. The molecule has 2 aromatic rings. The van der Waals surface area contributed by atoms with E-state index < -0.39 is 11.6 Å². The second kappa shape index (κ2) is 6.41. The lowest BCUT2D eigenvalue weighted by Gasteiger charge is -2.17. The summed E-state index contributed by atoms with van der Waals surface area (Å²) in [5.41, 5.74) is 2.36. The van der Waals surface area contributed by atoms with Crippen LogP contribution in [0.4, 0.5) is 8.78 Å². The molecule has 108 valence electrons. The number of hydrogen-bond donors (Lipinski definition) is 1. The fourth-order valence-electron chi connectivity index (χ4n) is 2.37. The van der Waals surface area contributed by atoms with Gasteiger partial charge in [0, 0.05) is 11.4 Å². The van der Waals surface area contributed by atoms with Gasteiger partial charge in [0.15, 0.2) is 11.6 Å². The van der Waals surface area contributed by atoms with Gasteiger partial charge in [-0.2, -0.15) is 0 Å². The molecule has 0 fully saturated rings. The highest BCUT2D eigenvalue weighted by atomic mass is 32.2. The van der Waals surface area contributed by atoms with Gasteiger partial charge in [-0.15, -0.1) is 0 Å². The number of benzene rings is 2. The van der Waals surface area contributed by atoms with Crippen molar-refractivity contribution in [3.63, 3.8) is 0 Å². The highest BCUT2D eigenvalue weighted by molar-refractivity contribution is 7.99. The second-order valence-corrected chi connectivity index (χ2v) is 5.92. The van der Waals surface area contributed by atoms with Crippen molar-refractivity contribution in [1.82, 2.24) is 5.32 Å². The van der Waals surface area contributed by atoms with Crippen LogP contribution in [0.5, 0.6) is 0 Å². The number of nitrogens with one attached hydrogen (secondary N) is 1. The van der Waals surface area contributed by atoms with E-state index in [1.807, 2.05) is 24.3 Å². The van der Waals surface area contributed by atoms with Crippen LogP contribution in [0, 0.1) is 11.6 Å². The van der Waals surface area contributed by atoms with Crippen LogP contribution < -0.4 is 5.32 Å². The smallest absolute Gasteiger partial charge is 0.172 e. The molecule has 0 aliphatic carbocycles. The van der Waals surface area contributed by atoms with Crippen molar-refractivity contribution in [2.24, 2.45) is 0 Å². The van der Waals surface area contributed by atoms with Crippen LogP contribution in [-0.4, -0.2) is 13.1 Å². The van der Waals surface area contributed by atoms with Crippen LogP contribution in [0.2, 0.25) is 0 Å². The lowest BCUT2D eigenvalue weighted by atomic mass is 10.0. The first-order valence-corrected chi connectivity index (χ1v) is 7.68. The van der Waals surface area contributed by atoms with E-state index in [2.05, 4.69) is 11.4 Å². The molecule has 0 saturated heterocycles. The average molecular weight is 303 g/mol. The molecule has 3 rings (SSSR count). The summed E-state index contributed by atoms with van der Waals surface area (Å²) in [5.74, 6) is -1.59. The molecule has 1 nitrogen and oxygen atoms in total. The van der Waals surface area contributed by atoms with Crippen molar-refractivity contribution in [2.45, 2.75) is 16.2 Å². The van der Waals surface area contributed by atoms with Crippen molar-refractivity contribution < 1.29 is 8.78 Å². The monoisotopic (exact) mass is 303 g/mol. The van der Waals surface area contributed by atoms with Crippen molar-refractivity contribution >= 4 is 17.3 Å². The number of halogens is 2. The fraction of sp³-hybridized carbons (Fsp3) is 0.176. The Balaban J connectivity index is 1.96. The summed E-state index contributed by atoms with van der Waals surface area (Å²) in [6, 6.07) is 12.2. The molecule has 0 bridgehead atoms. The Hall–Kier alpha value is -1.65. The van der Waals surface area contributed by atoms with Gasteiger partial charge in [-0.1, -0.05) is 42.1 Å².